The number of nitrogens with zero attached hydrogens (tertiary/aromatic N) is 4. The largest absolute Gasteiger partial charge is 0.228 e. The van der Waals surface area contributed by atoms with Gasteiger partial charge >= 0.3 is 0 Å². The summed E-state index contributed by atoms with van der Waals surface area (Å²) < 4.78 is 0. The van der Waals surface area contributed by atoms with Crippen LogP contribution in [0.3, 0.4) is 0 Å². The first-order chi connectivity index (χ1) is 11.7. The Hall–Kier alpha value is -0.820. The SMILES string of the molecule is Clc1ccc(C2=NN3C4=CSC5(CCCCC5)N4N=C3S2)c(Cl)c1. The summed E-state index contributed by atoms with van der Waals surface area (Å²) in [6.07, 6.45) is 6.26. The molecule has 4 nitrogen and oxygen atoms in total. The normalized spacial score (nSPS) is 24.0. The van der Waals surface area contributed by atoms with Crippen LogP contribution in [0.5, 0.6) is 0 Å². The van der Waals surface area contributed by atoms with Crippen molar-refractivity contribution in [2.75, 3.05) is 0 Å². The van der Waals surface area contributed by atoms with Gasteiger partial charge in [-0.2, -0.15) is 10.1 Å². The molecule has 1 spiro atoms. The number of benzene rings is 1. The van der Waals surface area contributed by atoms with Gasteiger partial charge in [0, 0.05) is 16.0 Å². The highest BCUT2D eigenvalue weighted by atomic mass is 35.5. The van der Waals surface area contributed by atoms with Gasteiger partial charge in [-0.05, 0) is 42.8 Å². The van der Waals surface area contributed by atoms with Gasteiger partial charge in [0.15, 0.2) is 5.82 Å². The van der Waals surface area contributed by atoms with Crippen molar-refractivity contribution in [3.63, 3.8) is 0 Å². The average molecular weight is 397 g/mol. The summed E-state index contributed by atoms with van der Waals surface area (Å²) >= 11 is 15.8. The zero-order chi connectivity index (χ0) is 16.3. The van der Waals surface area contributed by atoms with Gasteiger partial charge < -0.3 is 0 Å². The third-order valence-corrected chi connectivity index (χ3v) is 7.57. The van der Waals surface area contributed by atoms with E-state index >= 15 is 0 Å². The van der Waals surface area contributed by atoms with E-state index in [1.165, 1.54) is 32.1 Å². The summed E-state index contributed by atoms with van der Waals surface area (Å²) in [7, 11) is 0. The second kappa shape index (κ2) is 5.59. The summed E-state index contributed by atoms with van der Waals surface area (Å²) in [5.74, 6) is 1.07. The van der Waals surface area contributed by atoms with Gasteiger partial charge in [-0.1, -0.05) is 54.2 Å². The van der Waals surface area contributed by atoms with Crippen molar-refractivity contribution in [2.45, 2.75) is 37.0 Å². The van der Waals surface area contributed by atoms with E-state index in [1.54, 1.807) is 17.8 Å². The lowest BCUT2D eigenvalue weighted by Crippen LogP contribution is -2.40. The van der Waals surface area contributed by atoms with Crippen LogP contribution in [0.2, 0.25) is 10.0 Å². The highest BCUT2D eigenvalue weighted by Gasteiger charge is 2.51. The molecule has 5 rings (SSSR count). The molecule has 0 N–H and O–H groups in total. The molecule has 1 saturated carbocycles. The lowest BCUT2D eigenvalue weighted by Gasteiger charge is -2.37. The summed E-state index contributed by atoms with van der Waals surface area (Å²) in [4.78, 5) is 0.110. The molecule has 3 aliphatic heterocycles. The summed E-state index contributed by atoms with van der Waals surface area (Å²) in [6.45, 7) is 0. The number of hydrogen-bond acceptors (Lipinski definition) is 6. The third-order valence-electron chi connectivity index (χ3n) is 4.75. The fraction of sp³-hybridized carbons (Fsp3) is 0.375. The average Bonchev–Trinajstić information content (AvgIpc) is 3.20. The van der Waals surface area contributed by atoms with Gasteiger partial charge in [-0.15, -0.1) is 5.10 Å². The number of thioether (sulfide) groups is 2. The second-order valence-electron chi connectivity index (χ2n) is 6.24. The number of fused-ring (bicyclic) bond motifs is 4. The Bertz CT molecular complexity index is 814. The predicted octanol–water partition coefficient (Wildman–Crippen LogP) is 5.50. The first-order valence-electron chi connectivity index (χ1n) is 7.95. The molecule has 0 amide bonds. The molecule has 8 heteroatoms. The molecular weight excluding hydrogens is 383 g/mol. The molecule has 24 heavy (non-hydrogen) atoms. The monoisotopic (exact) mass is 396 g/mol. The molecule has 124 valence electrons. The number of halogens is 2. The van der Waals surface area contributed by atoms with Crippen molar-refractivity contribution >= 4 is 56.9 Å². The topological polar surface area (TPSA) is 31.2 Å². The predicted molar refractivity (Wildman–Crippen MR) is 103 cm³/mol. The molecule has 0 aromatic heterocycles. The van der Waals surface area contributed by atoms with Crippen LogP contribution in [0.1, 0.15) is 37.7 Å². The molecule has 0 unspecified atom stereocenters. The van der Waals surface area contributed by atoms with E-state index < -0.39 is 0 Å². The van der Waals surface area contributed by atoms with E-state index in [0.29, 0.717) is 10.0 Å². The highest BCUT2D eigenvalue weighted by Crippen LogP contribution is 2.54. The number of hydrogen-bond donors (Lipinski definition) is 0. The number of rotatable bonds is 1. The molecule has 1 fully saturated rings. The van der Waals surface area contributed by atoms with E-state index in [2.05, 4.69) is 10.4 Å². The van der Waals surface area contributed by atoms with E-state index in [0.717, 1.165) is 21.6 Å². The smallest absolute Gasteiger partial charge is 0.216 e. The van der Waals surface area contributed by atoms with E-state index in [1.807, 2.05) is 28.9 Å². The van der Waals surface area contributed by atoms with Crippen molar-refractivity contribution in [2.24, 2.45) is 10.2 Å². The first kappa shape index (κ1) is 15.4. The third kappa shape index (κ3) is 2.23. The van der Waals surface area contributed by atoms with Gasteiger partial charge in [0.1, 0.15) is 9.91 Å². The molecular formula is C16H14Cl2N4S2. The Morgan fingerprint density at radius 3 is 2.71 bits per heavy atom. The van der Waals surface area contributed by atoms with Crippen molar-refractivity contribution in [1.29, 1.82) is 0 Å². The summed E-state index contributed by atoms with van der Waals surface area (Å²) in [5, 5.41) is 19.0. The van der Waals surface area contributed by atoms with E-state index in [-0.39, 0.29) is 4.87 Å². The maximum absolute atomic E-state index is 6.33. The number of amidine groups is 1. The molecule has 0 saturated heterocycles. The Morgan fingerprint density at radius 1 is 1.08 bits per heavy atom. The fourth-order valence-corrected chi connectivity index (χ4v) is 6.30. The van der Waals surface area contributed by atoms with Crippen LogP contribution in [0.25, 0.3) is 0 Å². The van der Waals surface area contributed by atoms with Crippen LogP contribution in [0, 0.1) is 0 Å². The van der Waals surface area contributed by atoms with Crippen molar-refractivity contribution in [3.05, 3.63) is 45.0 Å². The van der Waals surface area contributed by atoms with Crippen LogP contribution in [0.4, 0.5) is 0 Å². The Labute approximate surface area is 158 Å². The van der Waals surface area contributed by atoms with E-state index in [9.17, 15) is 0 Å². The molecule has 0 bridgehead atoms. The van der Waals surface area contributed by atoms with Crippen LogP contribution >= 0.6 is 46.7 Å². The maximum atomic E-state index is 6.33. The standard InChI is InChI=1S/C16H14Cl2N4S2/c17-10-4-5-11(12(18)8-10)14-19-21-13-9-23-16(6-2-1-3-7-16)22(13)20-15(21)24-14/h4-5,8-9H,1-3,6-7H2. The fourth-order valence-electron chi connectivity index (χ4n) is 3.54. The van der Waals surface area contributed by atoms with Gasteiger partial charge in [0.2, 0.25) is 5.17 Å². The van der Waals surface area contributed by atoms with Crippen molar-refractivity contribution < 1.29 is 0 Å². The van der Waals surface area contributed by atoms with Crippen LogP contribution < -0.4 is 0 Å². The van der Waals surface area contributed by atoms with Gasteiger partial charge in [-0.25, -0.2) is 5.01 Å². The lowest BCUT2D eigenvalue weighted by atomic mass is 9.94. The minimum absolute atomic E-state index is 0.110. The quantitative estimate of drug-likeness (QED) is 0.627. The zero-order valence-electron chi connectivity index (χ0n) is 12.7. The molecule has 4 aliphatic rings. The molecule has 1 aromatic rings. The minimum atomic E-state index is 0.110. The Balaban J connectivity index is 1.45. The Kier molecular flexibility index (Phi) is 3.60. The molecule has 0 radical (unpaired) electrons. The summed E-state index contributed by atoms with van der Waals surface area (Å²) in [5.41, 5.74) is 0.897. The lowest BCUT2D eigenvalue weighted by molar-refractivity contribution is 0.170. The van der Waals surface area contributed by atoms with Crippen molar-refractivity contribution in [3.8, 4) is 0 Å². The molecule has 1 aromatic carbocycles. The van der Waals surface area contributed by atoms with Gasteiger partial charge in [0.05, 0.1) is 5.02 Å². The van der Waals surface area contributed by atoms with Crippen LogP contribution in [-0.2, 0) is 0 Å². The first-order valence-corrected chi connectivity index (χ1v) is 10.4. The maximum Gasteiger partial charge on any atom is 0.216 e. The van der Waals surface area contributed by atoms with Crippen LogP contribution in [0.15, 0.2) is 39.6 Å². The van der Waals surface area contributed by atoms with E-state index in [4.69, 9.17) is 33.4 Å². The number of hydrazone groups is 2. The molecule has 1 aliphatic carbocycles. The molecule has 3 heterocycles. The van der Waals surface area contributed by atoms with Gasteiger partial charge in [-0.3, -0.25) is 0 Å². The van der Waals surface area contributed by atoms with Crippen molar-refractivity contribution in [1.82, 2.24) is 10.0 Å². The van der Waals surface area contributed by atoms with Crippen LogP contribution in [-0.4, -0.2) is 25.1 Å². The molecule has 0 atom stereocenters. The summed E-state index contributed by atoms with van der Waals surface area (Å²) in [6, 6.07) is 5.50. The minimum Gasteiger partial charge on any atom is -0.228 e. The zero-order valence-corrected chi connectivity index (χ0v) is 15.9. The highest BCUT2D eigenvalue weighted by molar-refractivity contribution is 8.27. The second-order valence-corrected chi connectivity index (χ2v) is 9.27. The Morgan fingerprint density at radius 2 is 1.92 bits per heavy atom. The van der Waals surface area contributed by atoms with Gasteiger partial charge in [0.25, 0.3) is 0 Å².